The molecule has 0 spiro atoms. The number of piperidine rings is 1. The molecule has 0 aromatic carbocycles. The molecule has 2 aromatic heterocycles. The Morgan fingerprint density at radius 3 is 2.52 bits per heavy atom. The number of hydrogen-bond acceptors (Lipinski definition) is 4. The molecule has 25 heavy (non-hydrogen) atoms. The monoisotopic (exact) mass is 350 g/mol. The first-order valence-electron chi connectivity index (χ1n) is 7.93. The van der Waals surface area contributed by atoms with Crippen molar-refractivity contribution in [1.29, 1.82) is 0 Å². The molecule has 3 rings (SSSR count). The summed E-state index contributed by atoms with van der Waals surface area (Å²) in [6.07, 6.45) is 1.10. The second-order valence-electron chi connectivity index (χ2n) is 5.85. The molecule has 5 nitrogen and oxygen atoms in total. The molecule has 1 aliphatic rings. The van der Waals surface area contributed by atoms with Crippen LogP contribution < -0.4 is 10.2 Å². The zero-order valence-corrected chi connectivity index (χ0v) is 13.3. The Morgan fingerprint density at radius 2 is 1.88 bits per heavy atom. The predicted octanol–water partition coefficient (Wildman–Crippen LogP) is 2.89. The number of anilines is 1. The summed E-state index contributed by atoms with van der Waals surface area (Å²) in [7, 11) is 0. The first kappa shape index (κ1) is 17.2. The molecule has 0 bridgehead atoms. The normalized spacial score (nSPS) is 15.9. The molecule has 0 aliphatic carbocycles. The lowest BCUT2D eigenvalue weighted by molar-refractivity contribution is -0.137. The van der Waals surface area contributed by atoms with Crippen LogP contribution in [-0.2, 0) is 6.18 Å². The Hall–Kier alpha value is -2.64. The molecule has 1 N–H and O–H groups in total. The minimum absolute atomic E-state index is 0.0490. The van der Waals surface area contributed by atoms with Crippen molar-refractivity contribution < 1.29 is 18.0 Å². The molecule has 0 atom stereocenters. The Balaban J connectivity index is 1.62. The van der Waals surface area contributed by atoms with E-state index in [1.165, 1.54) is 18.5 Å². The highest BCUT2D eigenvalue weighted by Gasteiger charge is 2.36. The summed E-state index contributed by atoms with van der Waals surface area (Å²) in [4.78, 5) is 21.6. The van der Waals surface area contributed by atoms with Crippen molar-refractivity contribution in [2.75, 3.05) is 18.0 Å². The van der Waals surface area contributed by atoms with Crippen LogP contribution in [-0.4, -0.2) is 35.0 Å². The fraction of sp³-hybridized carbons (Fsp3) is 0.353. The minimum atomic E-state index is -4.44. The summed E-state index contributed by atoms with van der Waals surface area (Å²) >= 11 is 0. The average Bonchev–Trinajstić information content (AvgIpc) is 2.62. The van der Waals surface area contributed by atoms with E-state index in [0.29, 0.717) is 31.5 Å². The highest BCUT2D eigenvalue weighted by molar-refractivity contribution is 5.94. The van der Waals surface area contributed by atoms with E-state index >= 15 is 0 Å². The van der Waals surface area contributed by atoms with Crippen molar-refractivity contribution in [3.63, 3.8) is 0 Å². The Bertz CT molecular complexity index is 728. The van der Waals surface area contributed by atoms with Crippen LogP contribution >= 0.6 is 0 Å². The molecule has 0 radical (unpaired) electrons. The molecule has 132 valence electrons. The molecule has 1 amide bonds. The quantitative estimate of drug-likeness (QED) is 0.925. The molecule has 3 heterocycles. The van der Waals surface area contributed by atoms with E-state index in [1.807, 2.05) is 0 Å². The molecule has 1 fully saturated rings. The Kier molecular flexibility index (Phi) is 4.87. The molecule has 8 heteroatoms. The van der Waals surface area contributed by atoms with E-state index in [9.17, 15) is 18.0 Å². The zero-order valence-electron chi connectivity index (χ0n) is 13.3. The van der Waals surface area contributed by atoms with Crippen LogP contribution in [0.5, 0.6) is 0 Å². The van der Waals surface area contributed by atoms with E-state index in [1.54, 1.807) is 23.2 Å². The first-order valence-corrected chi connectivity index (χ1v) is 7.93. The van der Waals surface area contributed by atoms with Crippen molar-refractivity contribution in [3.8, 4) is 0 Å². The van der Waals surface area contributed by atoms with Crippen LogP contribution in [0.15, 0.2) is 42.9 Å². The number of rotatable bonds is 3. The van der Waals surface area contributed by atoms with Gasteiger partial charge in [0.1, 0.15) is 5.82 Å². The van der Waals surface area contributed by atoms with Gasteiger partial charge in [0.15, 0.2) is 0 Å². The molecule has 1 saturated heterocycles. The number of nitrogens with zero attached hydrogens (tertiary/aromatic N) is 3. The fourth-order valence-electron chi connectivity index (χ4n) is 2.87. The van der Waals surface area contributed by atoms with Gasteiger partial charge < -0.3 is 10.2 Å². The van der Waals surface area contributed by atoms with Crippen LogP contribution in [0.25, 0.3) is 0 Å². The maximum absolute atomic E-state index is 13.1. The van der Waals surface area contributed by atoms with Crippen LogP contribution in [0.2, 0.25) is 0 Å². The lowest BCUT2D eigenvalue weighted by atomic mass is 10.0. The molecule has 0 saturated carbocycles. The third-order valence-electron chi connectivity index (χ3n) is 4.15. The lowest BCUT2D eigenvalue weighted by Crippen LogP contribution is -2.45. The van der Waals surface area contributed by atoms with Crippen LogP contribution in [0.4, 0.5) is 19.0 Å². The number of nitrogens with one attached hydrogen (secondary N) is 1. The van der Waals surface area contributed by atoms with Gasteiger partial charge in [-0.3, -0.25) is 9.78 Å². The van der Waals surface area contributed by atoms with Gasteiger partial charge in [0.05, 0.1) is 11.1 Å². The second kappa shape index (κ2) is 7.08. The number of pyridine rings is 2. The van der Waals surface area contributed by atoms with Crippen LogP contribution in [0.3, 0.4) is 0 Å². The van der Waals surface area contributed by atoms with E-state index < -0.39 is 11.7 Å². The number of amides is 1. The summed E-state index contributed by atoms with van der Waals surface area (Å²) in [6, 6.07) is 5.59. The summed E-state index contributed by atoms with van der Waals surface area (Å²) in [6.45, 7) is 0.802. The van der Waals surface area contributed by atoms with Gasteiger partial charge in [0.25, 0.3) is 5.91 Å². The molecule has 2 aromatic rings. The van der Waals surface area contributed by atoms with E-state index in [4.69, 9.17) is 0 Å². The number of aromatic nitrogens is 2. The van der Waals surface area contributed by atoms with Gasteiger partial charge in [0, 0.05) is 37.7 Å². The summed E-state index contributed by atoms with van der Waals surface area (Å²) < 4.78 is 39.3. The van der Waals surface area contributed by atoms with Crippen LogP contribution in [0.1, 0.15) is 28.8 Å². The summed E-state index contributed by atoms with van der Waals surface area (Å²) in [5, 5.41) is 2.90. The van der Waals surface area contributed by atoms with Crippen molar-refractivity contribution in [1.82, 2.24) is 15.3 Å². The van der Waals surface area contributed by atoms with Gasteiger partial charge in [-0.15, -0.1) is 0 Å². The van der Waals surface area contributed by atoms with Crippen molar-refractivity contribution in [2.45, 2.75) is 25.1 Å². The highest BCUT2D eigenvalue weighted by atomic mass is 19.4. The van der Waals surface area contributed by atoms with Gasteiger partial charge in [-0.1, -0.05) is 0 Å². The smallest absolute Gasteiger partial charge is 0.356 e. The first-order chi connectivity index (χ1) is 11.9. The van der Waals surface area contributed by atoms with Gasteiger partial charge in [-0.05, 0) is 37.1 Å². The highest BCUT2D eigenvalue weighted by Crippen LogP contribution is 2.35. The number of alkyl halides is 3. The SMILES string of the molecule is O=C(NC1CCN(c2ncccc2C(F)(F)F)CC1)c1cccnc1. The predicted molar refractivity (Wildman–Crippen MR) is 86.2 cm³/mol. The van der Waals surface area contributed by atoms with Crippen molar-refractivity contribution in [2.24, 2.45) is 0 Å². The molecular formula is C17H17F3N4O. The Labute approximate surface area is 142 Å². The van der Waals surface area contributed by atoms with E-state index in [-0.39, 0.29) is 17.8 Å². The Morgan fingerprint density at radius 1 is 1.16 bits per heavy atom. The topological polar surface area (TPSA) is 58.1 Å². The van der Waals surface area contributed by atoms with Gasteiger partial charge >= 0.3 is 6.18 Å². The zero-order chi connectivity index (χ0) is 17.9. The van der Waals surface area contributed by atoms with Gasteiger partial charge in [-0.2, -0.15) is 13.2 Å². The maximum Gasteiger partial charge on any atom is 0.419 e. The standard InChI is InChI=1S/C17H17F3N4O/c18-17(19,20)14-4-2-8-22-15(14)24-9-5-13(6-10-24)23-16(25)12-3-1-7-21-11-12/h1-4,7-8,11,13H,5-6,9-10H2,(H,23,25). The third-order valence-corrected chi connectivity index (χ3v) is 4.15. The summed E-state index contributed by atoms with van der Waals surface area (Å²) in [5.41, 5.74) is -0.262. The second-order valence-corrected chi connectivity index (χ2v) is 5.85. The number of hydrogen-bond donors (Lipinski definition) is 1. The van der Waals surface area contributed by atoms with Gasteiger partial charge in [0.2, 0.25) is 0 Å². The summed E-state index contributed by atoms with van der Waals surface area (Å²) in [5.74, 6) is -0.271. The van der Waals surface area contributed by atoms with E-state index in [2.05, 4.69) is 15.3 Å². The van der Waals surface area contributed by atoms with Gasteiger partial charge in [-0.25, -0.2) is 4.98 Å². The van der Waals surface area contributed by atoms with Crippen molar-refractivity contribution in [3.05, 3.63) is 54.0 Å². The van der Waals surface area contributed by atoms with Crippen LogP contribution in [0, 0.1) is 0 Å². The number of carbonyl (C=O) groups excluding carboxylic acids is 1. The molecule has 1 aliphatic heterocycles. The largest absolute Gasteiger partial charge is 0.419 e. The maximum atomic E-state index is 13.1. The fourth-order valence-corrected chi connectivity index (χ4v) is 2.87. The average molecular weight is 350 g/mol. The molecular weight excluding hydrogens is 333 g/mol. The number of carbonyl (C=O) groups is 1. The van der Waals surface area contributed by atoms with Crippen molar-refractivity contribution >= 4 is 11.7 Å². The number of halogens is 3. The third kappa shape index (κ3) is 4.07. The molecule has 0 unspecified atom stereocenters. The van der Waals surface area contributed by atoms with E-state index in [0.717, 1.165) is 6.07 Å². The minimum Gasteiger partial charge on any atom is -0.356 e. The lowest BCUT2D eigenvalue weighted by Gasteiger charge is -2.34.